The van der Waals surface area contributed by atoms with Crippen molar-refractivity contribution in [3.63, 3.8) is 0 Å². The van der Waals surface area contributed by atoms with Crippen molar-refractivity contribution in [2.75, 3.05) is 13.2 Å². The zero-order valence-electron chi connectivity index (χ0n) is 18.9. The number of carboxylic acids is 1. The van der Waals surface area contributed by atoms with Crippen molar-refractivity contribution in [3.8, 4) is 11.1 Å². The maximum atomic E-state index is 14.3. The molecule has 2 aromatic rings. The van der Waals surface area contributed by atoms with Crippen LogP contribution in [0.3, 0.4) is 0 Å². The Morgan fingerprint density at radius 3 is 2.23 bits per heavy atom. The number of carbonyl (C=O) groups is 3. The molecule has 2 fully saturated rings. The molecule has 5 rings (SSSR count). The Bertz CT molecular complexity index is 1120. The second kappa shape index (κ2) is 8.94. The maximum Gasteiger partial charge on any atom is 0.407 e. The van der Waals surface area contributed by atoms with Gasteiger partial charge in [0.2, 0.25) is 5.91 Å². The fourth-order valence-corrected chi connectivity index (χ4v) is 5.47. The molecule has 3 aliphatic carbocycles. The van der Waals surface area contributed by atoms with Gasteiger partial charge in [-0.05, 0) is 41.5 Å². The molecule has 0 bridgehead atoms. The molecule has 2 aromatic carbocycles. The van der Waals surface area contributed by atoms with E-state index in [2.05, 4.69) is 10.6 Å². The molecule has 0 heterocycles. The van der Waals surface area contributed by atoms with E-state index in [1.807, 2.05) is 48.5 Å². The summed E-state index contributed by atoms with van der Waals surface area (Å²) in [6.45, 7) is -0.318. The largest absolute Gasteiger partial charge is 0.481 e. The molecule has 2 amide bonds. The van der Waals surface area contributed by atoms with E-state index in [0.29, 0.717) is 12.8 Å². The van der Waals surface area contributed by atoms with Crippen LogP contribution in [0.1, 0.15) is 36.3 Å². The van der Waals surface area contributed by atoms with Gasteiger partial charge in [0.25, 0.3) is 5.92 Å². The molecule has 0 radical (unpaired) electrons. The van der Waals surface area contributed by atoms with E-state index in [9.17, 15) is 23.2 Å². The zero-order chi connectivity index (χ0) is 24.7. The van der Waals surface area contributed by atoms with Gasteiger partial charge in [-0.3, -0.25) is 9.59 Å². The fourth-order valence-electron chi connectivity index (χ4n) is 5.47. The smallest absolute Gasteiger partial charge is 0.407 e. The van der Waals surface area contributed by atoms with Gasteiger partial charge < -0.3 is 20.5 Å². The third-order valence-electron chi connectivity index (χ3n) is 7.42. The van der Waals surface area contributed by atoms with Gasteiger partial charge in [-0.25, -0.2) is 13.6 Å². The number of amides is 2. The topological polar surface area (TPSA) is 105 Å². The highest BCUT2D eigenvalue weighted by molar-refractivity contribution is 5.84. The van der Waals surface area contributed by atoms with Crippen LogP contribution in [0.25, 0.3) is 11.1 Å². The summed E-state index contributed by atoms with van der Waals surface area (Å²) >= 11 is 0. The van der Waals surface area contributed by atoms with Gasteiger partial charge in [0.1, 0.15) is 12.5 Å². The van der Waals surface area contributed by atoms with Gasteiger partial charge in [-0.15, -0.1) is 0 Å². The lowest BCUT2D eigenvalue weighted by atomic mass is 9.98. The summed E-state index contributed by atoms with van der Waals surface area (Å²) in [5, 5.41) is 14.0. The van der Waals surface area contributed by atoms with Crippen molar-refractivity contribution < 1.29 is 33.0 Å². The lowest BCUT2D eigenvalue weighted by molar-refractivity contribution is -0.141. The van der Waals surface area contributed by atoms with Crippen molar-refractivity contribution >= 4 is 18.0 Å². The van der Waals surface area contributed by atoms with Crippen molar-refractivity contribution in [1.29, 1.82) is 0 Å². The molecule has 0 spiro atoms. The monoisotopic (exact) mass is 484 g/mol. The Morgan fingerprint density at radius 1 is 1.00 bits per heavy atom. The molecule has 7 nitrogen and oxygen atoms in total. The van der Waals surface area contributed by atoms with Gasteiger partial charge in [-0.2, -0.15) is 0 Å². The van der Waals surface area contributed by atoms with Gasteiger partial charge in [-0.1, -0.05) is 48.5 Å². The summed E-state index contributed by atoms with van der Waals surface area (Å²) in [5.74, 6) is -8.54. The molecule has 35 heavy (non-hydrogen) atoms. The number of carboxylic acid groups (broad SMARTS) is 1. The van der Waals surface area contributed by atoms with E-state index in [4.69, 9.17) is 9.84 Å². The molecular formula is C26H26F2N2O5. The Labute approximate surface area is 200 Å². The molecule has 3 N–H and O–H groups in total. The second-order valence-corrected chi connectivity index (χ2v) is 9.52. The van der Waals surface area contributed by atoms with Crippen molar-refractivity contribution in [2.45, 2.75) is 37.1 Å². The third kappa shape index (κ3) is 4.35. The van der Waals surface area contributed by atoms with Crippen LogP contribution in [0, 0.1) is 17.8 Å². The third-order valence-corrected chi connectivity index (χ3v) is 7.42. The van der Waals surface area contributed by atoms with Crippen LogP contribution < -0.4 is 10.6 Å². The number of fused-ring (bicyclic) bond motifs is 3. The highest BCUT2D eigenvalue weighted by atomic mass is 19.3. The van der Waals surface area contributed by atoms with Crippen LogP contribution in [0.2, 0.25) is 0 Å². The number of hydrogen-bond acceptors (Lipinski definition) is 4. The second-order valence-electron chi connectivity index (χ2n) is 9.52. The average Bonchev–Trinajstić information content (AvgIpc) is 3.14. The molecule has 0 aromatic heterocycles. The standard InChI is InChI=1S/C26H26F2N2O5/c27-26(28)21(22(26)23(31)30-15-10-9-14(11-15)24(32)33)12-29-25(34)35-13-20-18-7-3-1-5-16(18)17-6-2-4-8-19(17)20/h1-8,14-15,20-22H,9-13H2,(H,29,34)(H,30,31)(H,32,33)/t14-,15+,21?,22?/m1/s1. The first-order chi connectivity index (χ1) is 16.8. The van der Waals surface area contributed by atoms with Crippen molar-refractivity contribution in [1.82, 2.24) is 10.6 Å². The molecule has 0 aliphatic heterocycles. The van der Waals surface area contributed by atoms with Crippen LogP contribution in [0.15, 0.2) is 48.5 Å². The highest BCUT2D eigenvalue weighted by Crippen LogP contribution is 2.55. The van der Waals surface area contributed by atoms with E-state index in [1.165, 1.54) is 0 Å². The molecule has 9 heteroatoms. The SMILES string of the molecule is O=C(NCC1C(C(=O)N[C@H]2CC[C@@H](C(=O)O)C2)C1(F)F)OCC1c2ccccc2-c2ccccc21. The van der Waals surface area contributed by atoms with Crippen LogP contribution in [-0.2, 0) is 14.3 Å². The predicted octanol–water partition coefficient (Wildman–Crippen LogP) is 3.78. The number of rotatable bonds is 7. The molecule has 2 saturated carbocycles. The minimum absolute atomic E-state index is 0.0667. The first-order valence-electron chi connectivity index (χ1n) is 11.8. The number of halogens is 2. The van der Waals surface area contributed by atoms with Crippen molar-refractivity contribution in [2.24, 2.45) is 17.8 Å². The molecule has 2 unspecified atom stereocenters. The number of ether oxygens (including phenoxy) is 1. The lowest BCUT2D eigenvalue weighted by Gasteiger charge is -2.14. The summed E-state index contributed by atoms with van der Waals surface area (Å²) in [4.78, 5) is 35.7. The van der Waals surface area contributed by atoms with Crippen LogP contribution in [0.5, 0.6) is 0 Å². The number of alkyl carbamates (subject to hydrolysis) is 1. The predicted molar refractivity (Wildman–Crippen MR) is 122 cm³/mol. The number of benzene rings is 2. The molecule has 3 aliphatic rings. The zero-order valence-corrected chi connectivity index (χ0v) is 18.9. The maximum absolute atomic E-state index is 14.3. The number of carbonyl (C=O) groups excluding carboxylic acids is 2. The minimum atomic E-state index is -3.23. The number of alkyl halides is 2. The van der Waals surface area contributed by atoms with E-state index < -0.39 is 47.7 Å². The normalized spacial score (nSPS) is 25.9. The number of aliphatic carboxylic acids is 1. The Kier molecular flexibility index (Phi) is 5.94. The summed E-state index contributed by atoms with van der Waals surface area (Å²) in [6.07, 6.45) is 0.286. The van der Waals surface area contributed by atoms with Crippen molar-refractivity contribution in [3.05, 3.63) is 59.7 Å². The summed E-state index contributed by atoms with van der Waals surface area (Å²) in [5.41, 5.74) is 4.26. The van der Waals surface area contributed by atoms with Crippen LogP contribution in [-0.4, -0.2) is 48.2 Å². The quantitative estimate of drug-likeness (QED) is 0.555. The molecule has 184 valence electrons. The van der Waals surface area contributed by atoms with E-state index in [0.717, 1.165) is 22.3 Å². The highest BCUT2D eigenvalue weighted by Gasteiger charge is 2.71. The Balaban J connectivity index is 1.12. The summed E-state index contributed by atoms with van der Waals surface area (Å²) < 4.78 is 33.9. The molecule has 4 atom stereocenters. The van der Waals surface area contributed by atoms with Crippen LogP contribution in [0.4, 0.5) is 13.6 Å². The van der Waals surface area contributed by atoms with E-state index >= 15 is 0 Å². The van der Waals surface area contributed by atoms with Gasteiger partial charge in [0.05, 0.1) is 11.8 Å². The number of hydrogen-bond donors (Lipinski definition) is 3. The fraction of sp³-hybridized carbons (Fsp3) is 0.423. The van der Waals surface area contributed by atoms with Gasteiger partial charge in [0, 0.05) is 18.5 Å². The van der Waals surface area contributed by atoms with Gasteiger partial charge in [0.15, 0.2) is 0 Å². The number of nitrogens with one attached hydrogen (secondary N) is 2. The van der Waals surface area contributed by atoms with E-state index in [-0.39, 0.29) is 25.5 Å². The molecule has 0 saturated heterocycles. The van der Waals surface area contributed by atoms with Crippen LogP contribution >= 0.6 is 0 Å². The van der Waals surface area contributed by atoms with Gasteiger partial charge >= 0.3 is 12.1 Å². The first-order valence-corrected chi connectivity index (χ1v) is 11.8. The summed E-state index contributed by atoms with van der Waals surface area (Å²) in [7, 11) is 0. The first kappa shape index (κ1) is 23.3. The Hall–Kier alpha value is -3.49. The Morgan fingerprint density at radius 2 is 1.63 bits per heavy atom. The lowest BCUT2D eigenvalue weighted by Crippen LogP contribution is -2.36. The average molecular weight is 484 g/mol. The minimum Gasteiger partial charge on any atom is -0.481 e. The van der Waals surface area contributed by atoms with E-state index in [1.54, 1.807) is 0 Å². The summed E-state index contributed by atoms with van der Waals surface area (Å²) in [6, 6.07) is 15.3. The molecular weight excluding hydrogens is 458 g/mol.